The number of likely N-dealkylation sites (tertiary alicyclic amines) is 1. The van der Waals surface area contributed by atoms with Crippen LogP contribution in [0.4, 0.5) is 0 Å². The number of amides is 2. The molecule has 3 fully saturated rings. The quantitative estimate of drug-likeness (QED) is 0.809. The van der Waals surface area contributed by atoms with Gasteiger partial charge in [0, 0.05) is 18.7 Å². The smallest absolute Gasteiger partial charge is 0.265 e. The van der Waals surface area contributed by atoms with Crippen LogP contribution in [0.25, 0.3) is 0 Å². The summed E-state index contributed by atoms with van der Waals surface area (Å²) in [5.74, 6) is -0.104. The highest BCUT2D eigenvalue weighted by Gasteiger charge is 2.51. The molecule has 8 heteroatoms. The van der Waals surface area contributed by atoms with Gasteiger partial charge in [-0.1, -0.05) is 6.07 Å². The molecular weight excluding hydrogens is 350 g/mol. The summed E-state index contributed by atoms with van der Waals surface area (Å²) in [4.78, 5) is 34.4. The normalized spacial score (nSPS) is 25.3. The molecule has 1 atom stereocenters. The number of likely N-dealkylation sites (N-methyl/N-ethyl adjacent to an activating group) is 1. The van der Waals surface area contributed by atoms with Crippen LogP contribution in [0.2, 0.25) is 0 Å². The molecule has 0 unspecified atom stereocenters. The highest BCUT2D eigenvalue weighted by Crippen LogP contribution is 2.32. The maximum atomic E-state index is 12.7. The molecule has 3 saturated heterocycles. The molecule has 0 saturated carbocycles. The van der Waals surface area contributed by atoms with Gasteiger partial charge in [-0.25, -0.2) is 5.06 Å². The van der Waals surface area contributed by atoms with Gasteiger partial charge < -0.3 is 14.7 Å². The van der Waals surface area contributed by atoms with Crippen LogP contribution in [0, 0.1) is 0 Å². The molecule has 27 heavy (non-hydrogen) atoms. The Kier molecular flexibility index (Phi) is 4.79. The third kappa shape index (κ3) is 3.52. The van der Waals surface area contributed by atoms with Gasteiger partial charge in [0.05, 0.1) is 26.3 Å². The molecule has 146 valence electrons. The van der Waals surface area contributed by atoms with Gasteiger partial charge in [-0.15, -0.1) is 0 Å². The van der Waals surface area contributed by atoms with E-state index in [1.165, 1.54) is 17.2 Å². The Morgan fingerprint density at radius 2 is 2.04 bits per heavy atom. The zero-order valence-electron chi connectivity index (χ0n) is 15.5. The van der Waals surface area contributed by atoms with Crippen LogP contribution in [-0.2, 0) is 14.4 Å². The Morgan fingerprint density at radius 1 is 1.22 bits per heavy atom. The van der Waals surface area contributed by atoms with Crippen molar-refractivity contribution in [3.63, 3.8) is 0 Å². The fraction of sp³-hybridized carbons (Fsp3) is 0.579. The topological polar surface area (TPSA) is 82.6 Å². The van der Waals surface area contributed by atoms with Gasteiger partial charge in [0.1, 0.15) is 17.4 Å². The molecule has 2 amide bonds. The molecule has 0 aliphatic carbocycles. The van der Waals surface area contributed by atoms with E-state index in [9.17, 15) is 14.7 Å². The number of phenols is 1. The number of carbonyl (C=O) groups is 2. The van der Waals surface area contributed by atoms with Crippen LogP contribution in [0.3, 0.4) is 0 Å². The van der Waals surface area contributed by atoms with Gasteiger partial charge in [-0.05, 0) is 38.1 Å². The molecule has 1 aromatic carbocycles. The monoisotopic (exact) mass is 375 g/mol. The second-order valence-electron chi connectivity index (χ2n) is 7.62. The Hall–Kier alpha value is -2.16. The fourth-order valence-corrected chi connectivity index (χ4v) is 4.00. The van der Waals surface area contributed by atoms with E-state index < -0.39 is 5.60 Å². The molecule has 1 aromatic rings. The summed E-state index contributed by atoms with van der Waals surface area (Å²) in [6, 6.07) is 5.99. The lowest BCUT2D eigenvalue weighted by Crippen LogP contribution is -2.73. The first-order valence-electron chi connectivity index (χ1n) is 9.34. The molecule has 0 aromatic heterocycles. The van der Waals surface area contributed by atoms with Crippen molar-refractivity contribution in [1.82, 2.24) is 14.9 Å². The second kappa shape index (κ2) is 7.10. The summed E-state index contributed by atoms with van der Waals surface area (Å²) in [5, 5.41) is 11.0. The first-order chi connectivity index (χ1) is 13.0. The van der Waals surface area contributed by atoms with Crippen molar-refractivity contribution < 1.29 is 24.3 Å². The molecule has 0 radical (unpaired) electrons. The zero-order chi connectivity index (χ0) is 19.0. The van der Waals surface area contributed by atoms with Crippen LogP contribution < -0.4 is 0 Å². The standard InChI is InChI=1S/C19H25N3O5/c1-20-11-19(26-10-16(20)18(25)22-7-2-3-8-27-22)12-21(13-19)17(24)14-5-4-6-15(23)9-14/h4-6,9,16,23H,2-3,7-8,10-13H2,1H3/t16-/m1/s1. The number of hydroxylamine groups is 2. The average molecular weight is 375 g/mol. The van der Waals surface area contributed by atoms with Crippen LogP contribution in [-0.4, -0.2) is 89.9 Å². The van der Waals surface area contributed by atoms with Crippen LogP contribution in [0.15, 0.2) is 24.3 Å². The Morgan fingerprint density at radius 3 is 2.70 bits per heavy atom. The molecular formula is C19H25N3O5. The van der Waals surface area contributed by atoms with E-state index in [2.05, 4.69) is 0 Å². The largest absolute Gasteiger partial charge is 0.508 e. The second-order valence-corrected chi connectivity index (χ2v) is 7.62. The minimum atomic E-state index is -0.430. The SMILES string of the molecule is CN1CC2(CN(C(=O)c3cccc(O)c3)C2)OC[C@@H]1C(=O)N1CCCCO1. The minimum Gasteiger partial charge on any atom is -0.508 e. The number of aromatic hydroxyl groups is 1. The fourth-order valence-electron chi connectivity index (χ4n) is 4.00. The van der Waals surface area contributed by atoms with Crippen molar-refractivity contribution in [2.75, 3.05) is 46.4 Å². The summed E-state index contributed by atoms with van der Waals surface area (Å²) in [7, 11) is 1.91. The van der Waals surface area contributed by atoms with Crippen molar-refractivity contribution >= 4 is 11.8 Å². The van der Waals surface area contributed by atoms with E-state index in [1.807, 2.05) is 11.9 Å². The lowest BCUT2D eigenvalue weighted by atomic mass is 9.90. The van der Waals surface area contributed by atoms with Gasteiger partial charge in [0.15, 0.2) is 0 Å². The van der Waals surface area contributed by atoms with Gasteiger partial charge in [-0.2, -0.15) is 0 Å². The summed E-state index contributed by atoms with van der Waals surface area (Å²) >= 11 is 0. The summed E-state index contributed by atoms with van der Waals surface area (Å²) in [5.41, 5.74) is 0.0325. The van der Waals surface area contributed by atoms with E-state index in [0.29, 0.717) is 45.0 Å². The van der Waals surface area contributed by atoms with E-state index >= 15 is 0 Å². The average Bonchev–Trinajstić information content (AvgIpc) is 2.65. The van der Waals surface area contributed by atoms with Gasteiger partial charge in [0.2, 0.25) is 0 Å². The van der Waals surface area contributed by atoms with Gasteiger partial charge in [-0.3, -0.25) is 19.3 Å². The molecule has 4 rings (SSSR count). The predicted octanol–water partition coefficient (Wildman–Crippen LogP) is 0.471. The molecule has 0 bridgehead atoms. The van der Waals surface area contributed by atoms with Crippen molar-refractivity contribution in [1.29, 1.82) is 0 Å². The Balaban J connectivity index is 1.34. The zero-order valence-corrected chi connectivity index (χ0v) is 15.5. The van der Waals surface area contributed by atoms with Crippen molar-refractivity contribution in [3.8, 4) is 5.75 Å². The number of carbonyl (C=O) groups excluding carboxylic acids is 2. The summed E-state index contributed by atoms with van der Waals surface area (Å²) in [6.45, 7) is 3.05. The highest BCUT2D eigenvalue weighted by atomic mass is 16.7. The number of phenolic OH excluding ortho intramolecular Hbond substituents is 1. The molecule has 1 spiro atoms. The number of rotatable bonds is 2. The third-order valence-corrected chi connectivity index (χ3v) is 5.49. The summed E-state index contributed by atoms with van der Waals surface area (Å²) < 4.78 is 6.05. The van der Waals surface area contributed by atoms with E-state index in [1.54, 1.807) is 17.0 Å². The van der Waals surface area contributed by atoms with E-state index in [-0.39, 0.29) is 23.6 Å². The molecule has 3 aliphatic rings. The van der Waals surface area contributed by atoms with Crippen LogP contribution in [0.5, 0.6) is 5.75 Å². The van der Waals surface area contributed by atoms with E-state index in [0.717, 1.165) is 12.8 Å². The number of benzene rings is 1. The van der Waals surface area contributed by atoms with Gasteiger partial charge in [0.25, 0.3) is 11.8 Å². The number of hydrogen-bond acceptors (Lipinski definition) is 6. The lowest BCUT2D eigenvalue weighted by Gasteiger charge is -2.55. The Bertz CT molecular complexity index is 728. The number of morpholine rings is 1. The number of nitrogens with zero attached hydrogens (tertiary/aromatic N) is 3. The summed E-state index contributed by atoms with van der Waals surface area (Å²) in [6.07, 6.45) is 1.94. The highest BCUT2D eigenvalue weighted by molar-refractivity contribution is 5.95. The maximum absolute atomic E-state index is 12.7. The Labute approximate surface area is 158 Å². The third-order valence-electron chi connectivity index (χ3n) is 5.49. The maximum Gasteiger partial charge on any atom is 0.265 e. The van der Waals surface area contributed by atoms with Crippen molar-refractivity contribution in [2.24, 2.45) is 0 Å². The minimum absolute atomic E-state index is 0.0564. The lowest BCUT2D eigenvalue weighted by molar-refractivity contribution is -0.220. The molecule has 3 heterocycles. The number of hydrogen-bond donors (Lipinski definition) is 1. The van der Waals surface area contributed by atoms with Gasteiger partial charge >= 0.3 is 0 Å². The molecule has 8 nitrogen and oxygen atoms in total. The predicted molar refractivity (Wildman–Crippen MR) is 96.0 cm³/mol. The first kappa shape index (κ1) is 18.2. The van der Waals surface area contributed by atoms with Crippen molar-refractivity contribution in [2.45, 2.75) is 24.5 Å². The van der Waals surface area contributed by atoms with E-state index in [4.69, 9.17) is 9.57 Å². The number of ether oxygens (including phenoxy) is 1. The van der Waals surface area contributed by atoms with Crippen LogP contribution >= 0.6 is 0 Å². The molecule has 3 aliphatic heterocycles. The van der Waals surface area contributed by atoms with Crippen LogP contribution in [0.1, 0.15) is 23.2 Å². The first-order valence-corrected chi connectivity index (χ1v) is 9.34. The molecule has 1 N–H and O–H groups in total. The van der Waals surface area contributed by atoms with Crippen molar-refractivity contribution in [3.05, 3.63) is 29.8 Å².